The Labute approximate surface area is 153 Å². The number of pyridine rings is 1. The summed E-state index contributed by atoms with van der Waals surface area (Å²) >= 11 is 0. The van der Waals surface area contributed by atoms with Crippen molar-refractivity contribution in [3.8, 4) is 11.8 Å². The third-order valence-electron chi connectivity index (χ3n) is 5.29. The summed E-state index contributed by atoms with van der Waals surface area (Å²) in [5.41, 5.74) is 10.9. The zero-order valence-electron chi connectivity index (χ0n) is 14.9. The fourth-order valence-electron chi connectivity index (χ4n) is 3.96. The van der Waals surface area contributed by atoms with Gasteiger partial charge in [-0.3, -0.25) is 0 Å². The van der Waals surface area contributed by atoms with Crippen molar-refractivity contribution in [2.45, 2.75) is 25.3 Å². The number of aromatic nitrogens is 1. The molecular weight excluding hydrogens is 328 g/mol. The van der Waals surface area contributed by atoms with Crippen LogP contribution in [0.3, 0.4) is 0 Å². The van der Waals surface area contributed by atoms with Crippen LogP contribution in [0.15, 0.2) is 24.3 Å². The molecule has 6 nitrogen and oxygen atoms in total. The molecule has 0 bridgehead atoms. The molecule has 0 amide bonds. The Kier molecular flexibility index (Phi) is 4.39. The highest BCUT2D eigenvalue weighted by molar-refractivity contribution is 5.61. The number of anilines is 2. The van der Waals surface area contributed by atoms with Gasteiger partial charge in [0.15, 0.2) is 0 Å². The van der Waals surface area contributed by atoms with Crippen LogP contribution >= 0.6 is 0 Å². The summed E-state index contributed by atoms with van der Waals surface area (Å²) in [7, 11) is 1.68. The highest BCUT2D eigenvalue weighted by Crippen LogP contribution is 2.37. The molecule has 1 aromatic heterocycles. The van der Waals surface area contributed by atoms with Gasteiger partial charge in [-0.15, -0.1) is 0 Å². The second kappa shape index (κ2) is 6.85. The van der Waals surface area contributed by atoms with E-state index in [0.29, 0.717) is 18.0 Å². The van der Waals surface area contributed by atoms with E-state index in [0.717, 1.165) is 60.8 Å². The first-order valence-electron chi connectivity index (χ1n) is 8.89. The Bertz CT molecular complexity index is 869. The fraction of sp³-hybridized carbons (Fsp3) is 0.400. The van der Waals surface area contributed by atoms with Crippen LogP contribution in [0.5, 0.6) is 5.75 Å². The van der Waals surface area contributed by atoms with Gasteiger partial charge in [0.2, 0.25) is 0 Å². The first-order chi connectivity index (χ1) is 12.7. The molecule has 0 aliphatic carbocycles. The molecule has 0 spiro atoms. The molecule has 0 radical (unpaired) electrons. The van der Waals surface area contributed by atoms with E-state index in [9.17, 15) is 5.26 Å². The van der Waals surface area contributed by atoms with Crippen molar-refractivity contribution in [1.29, 1.82) is 5.26 Å². The third kappa shape index (κ3) is 2.85. The van der Waals surface area contributed by atoms with Crippen molar-refractivity contribution in [3.05, 3.63) is 46.6 Å². The van der Waals surface area contributed by atoms with E-state index in [-0.39, 0.29) is 5.92 Å². The Morgan fingerprint density at radius 1 is 1.42 bits per heavy atom. The number of rotatable bonds is 3. The Balaban J connectivity index is 1.76. The summed E-state index contributed by atoms with van der Waals surface area (Å²) in [5, 5.41) is 9.67. The quantitative estimate of drug-likeness (QED) is 0.916. The number of nitrogens with zero attached hydrogens (tertiary/aromatic N) is 3. The Morgan fingerprint density at radius 3 is 3.04 bits per heavy atom. The average molecular weight is 350 g/mol. The molecule has 4 rings (SSSR count). The molecule has 1 unspecified atom stereocenters. The number of hydrogen-bond acceptors (Lipinski definition) is 6. The average Bonchev–Trinajstić information content (AvgIpc) is 3.21. The summed E-state index contributed by atoms with van der Waals surface area (Å²) < 4.78 is 10.9. The van der Waals surface area contributed by atoms with Crippen LogP contribution in [-0.2, 0) is 17.7 Å². The lowest BCUT2D eigenvalue weighted by Gasteiger charge is -2.33. The van der Waals surface area contributed by atoms with Gasteiger partial charge >= 0.3 is 0 Å². The number of hydrogen-bond donors (Lipinski definition) is 1. The number of ether oxygens (including phenoxy) is 2. The van der Waals surface area contributed by atoms with Crippen molar-refractivity contribution in [2.24, 2.45) is 0 Å². The number of fused-ring (bicyclic) bond motifs is 1. The largest absolute Gasteiger partial charge is 0.497 e. The number of benzene rings is 1. The molecule has 3 heterocycles. The van der Waals surface area contributed by atoms with E-state index < -0.39 is 0 Å². The predicted molar refractivity (Wildman–Crippen MR) is 99.3 cm³/mol. The number of nitriles is 1. The zero-order chi connectivity index (χ0) is 18.1. The van der Waals surface area contributed by atoms with Gasteiger partial charge < -0.3 is 20.1 Å². The van der Waals surface area contributed by atoms with Gasteiger partial charge in [0.25, 0.3) is 0 Å². The van der Waals surface area contributed by atoms with E-state index in [1.807, 2.05) is 18.2 Å². The van der Waals surface area contributed by atoms with Crippen molar-refractivity contribution < 1.29 is 9.47 Å². The summed E-state index contributed by atoms with van der Waals surface area (Å²) in [5.74, 6) is 1.41. The maximum Gasteiger partial charge on any atom is 0.141 e. The normalized spacial score (nSPS) is 19.1. The van der Waals surface area contributed by atoms with Gasteiger partial charge in [0.1, 0.15) is 17.6 Å². The Morgan fingerprint density at radius 2 is 2.31 bits per heavy atom. The monoisotopic (exact) mass is 350 g/mol. The van der Waals surface area contributed by atoms with Gasteiger partial charge in [-0.25, -0.2) is 4.98 Å². The molecule has 1 atom stereocenters. The van der Waals surface area contributed by atoms with Gasteiger partial charge in [-0.2, -0.15) is 5.26 Å². The van der Waals surface area contributed by atoms with Gasteiger partial charge in [-0.05, 0) is 29.7 Å². The van der Waals surface area contributed by atoms with E-state index in [2.05, 4.69) is 22.0 Å². The maximum absolute atomic E-state index is 9.67. The second-order valence-electron chi connectivity index (χ2n) is 6.76. The molecule has 0 saturated carbocycles. The van der Waals surface area contributed by atoms with Crippen molar-refractivity contribution in [2.75, 3.05) is 37.5 Å². The summed E-state index contributed by atoms with van der Waals surface area (Å²) in [6.45, 7) is 2.95. The molecule has 1 aromatic carbocycles. The lowest BCUT2D eigenvalue weighted by atomic mass is 9.86. The SMILES string of the molecule is COc1cccc(N2CCc3nc(N)c(C#N)c(C4CCOC4)c3C2)c1. The molecule has 26 heavy (non-hydrogen) atoms. The number of methoxy groups -OCH3 is 1. The van der Waals surface area contributed by atoms with Gasteiger partial charge in [-0.1, -0.05) is 6.07 Å². The number of nitrogen functional groups attached to an aromatic ring is 1. The van der Waals surface area contributed by atoms with Crippen LogP contribution in [0, 0.1) is 11.3 Å². The highest BCUT2D eigenvalue weighted by atomic mass is 16.5. The predicted octanol–water partition coefficient (Wildman–Crippen LogP) is 2.61. The first-order valence-corrected chi connectivity index (χ1v) is 8.89. The first kappa shape index (κ1) is 16.7. The van der Waals surface area contributed by atoms with Crippen molar-refractivity contribution in [3.63, 3.8) is 0 Å². The highest BCUT2D eigenvalue weighted by Gasteiger charge is 2.30. The summed E-state index contributed by atoms with van der Waals surface area (Å²) in [4.78, 5) is 6.85. The van der Waals surface area contributed by atoms with Crippen molar-refractivity contribution in [1.82, 2.24) is 4.98 Å². The van der Waals surface area contributed by atoms with Crippen LogP contribution in [0.4, 0.5) is 11.5 Å². The standard InChI is InChI=1S/C20H22N4O2/c1-25-15-4-2-3-14(9-15)24-7-5-18-17(11-24)19(13-6-8-26-12-13)16(10-21)20(22)23-18/h2-4,9,13H,5-8,11-12H2,1H3,(H2,22,23). The van der Waals surface area contributed by atoms with E-state index in [1.165, 1.54) is 0 Å². The lowest BCUT2D eigenvalue weighted by Crippen LogP contribution is -2.33. The van der Waals surface area contributed by atoms with Crippen molar-refractivity contribution >= 4 is 11.5 Å². The van der Waals surface area contributed by atoms with Crippen LogP contribution in [-0.4, -0.2) is 31.9 Å². The van der Waals surface area contributed by atoms with E-state index in [1.54, 1.807) is 7.11 Å². The molecule has 2 aliphatic heterocycles. The minimum absolute atomic E-state index is 0.217. The van der Waals surface area contributed by atoms with Crippen LogP contribution in [0.25, 0.3) is 0 Å². The molecule has 1 fully saturated rings. The van der Waals surface area contributed by atoms with E-state index >= 15 is 0 Å². The maximum atomic E-state index is 9.67. The van der Waals surface area contributed by atoms with Crippen LogP contribution in [0.1, 0.15) is 34.7 Å². The van der Waals surface area contributed by atoms with Crippen LogP contribution in [0.2, 0.25) is 0 Å². The topological polar surface area (TPSA) is 84.4 Å². The van der Waals surface area contributed by atoms with Gasteiger partial charge in [0.05, 0.1) is 19.3 Å². The zero-order valence-corrected chi connectivity index (χ0v) is 14.9. The molecule has 134 valence electrons. The molecule has 1 saturated heterocycles. The minimum Gasteiger partial charge on any atom is -0.497 e. The lowest BCUT2D eigenvalue weighted by molar-refractivity contribution is 0.193. The number of nitrogens with two attached hydrogens (primary N) is 1. The molecule has 6 heteroatoms. The molecule has 2 N–H and O–H groups in total. The summed E-state index contributed by atoms with van der Waals surface area (Å²) in [6, 6.07) is 10.3. The fourth-order valence-corrected chi connectivity index (χ4v) is 3.96. The second-order valence-corrected chi connectivity index (χ2v) is 6.76. The summed E-state index contributed by atoms with van der Waals surface area (Å²) in [6.07, 6.45) is 1.73. The van der Waals surface area contributed by atoms with Gasteiger partial charge in [0, 0.05) is 49.5 Å². The smallest absolute Gasteiger partial charge is 0.141 e. The van der Waals surface area contributed by atoms with E-state index in [4.69, 9.17) is 15.2 Å². The molecule has 2 aromatic rings. The molecule has 2 aliphatic rings. The Hall–Kier alpha value is -2.78. The van der Waals surface area contributed by atoms with Crippen LogP contribution < -0.4 is 15.4 Å². The third-order valence-corrected chi connectivity index (χ3v) is 5.29. The minimum atomic E-state index is 0.217. The molecular formula is C20H22N4O2.